The standard InChI is InChI=1S/C17H17N3O2/c1-2-3-4-5-14-11-19-17(20-12-14)22-16(21)15-8-6-13(10-18)7-9-15/h6-9,11-12H,2-5H2,1H3. The van der Waals surface area contributed by atoms with Crippen molar-refractivity contribution in [1.82, 2.24) is 9.97 Å². The molecule has 0 atom stereocenters. The zero-order valence-corrected chi connectivity index (χ0v) is 12.5. The number of benzene rings is 1. The molecule has 0 radical (unpaired) electrons. The second kappa shape index (κ2) is 7.89. The summed E-state index contributed by atoms with van der Waals surface area (Å²) in [6, 6.07) is 8.24. The number of aryl methyl sites for hydroxylation is 1. The van der Waals surface area contributed by atoms with E-state index >= 15 is 0 Å². The minimum Gasteiger partial charge on any atom is -0.387 e. The molecular weight excluding hydrogens is 278 g/mol. The maximum absolute atomic E-state index is 11.9. The fourth-order valence-electron chi connectivity index (χ4n) is 1.93. The molecule has 0 amide bonds. The van der Waals surface area contributed by atoms with Crippen LogP contribution in [0.25, 0.3) is 0 Å². The molecule has 22 heavy (non-hydrogen) atoms. The van der Waals surface area contributed by atoms with Gasteiger partial charge in [-0.3, -0.25) is 0 Å². The van der Waals surface area contributed by atoms with E-state index in [4.69, 9.17) is 10.00 Å². The lowest BCUT2D eigenvalue weighted by Gasteiger charge is -2.04. The second-order valence-corrected chi connectivity index (χ2v) is 4.91. The van der Waals surface area contributed by atoms with Crippen LogP contribution in [-0.2, 0) is 6.42 Å². The maximum Gasteiger partial charge on any atom is 0.345 e. The lowest BCUT2D eigenvalue weighted by Crippen LogP contribution is -2.10. The third kappa shape index (κ3) is 4.38. The average molecular weight is 295 g/mol. The van der Waals surface area contributed by atoms with Crippen molar-refractivity contribution in [1.29, 1.82) is 5.26 Å². The van der Waals surface area contributed by atoms with E-state index < -0.39 is 5.97 Å². The molecule has 2 rings (SSSR count). The number of carbonyl (C=O) groups is 1. The number of hydrogen-bond acceptors (Lipinski definition) is 5. The number of carbonyl (C=O) groups excluding carboxylic acids is 1. The molecule has 0 saturated heterocycles. The highest BCUT2D eigenvalue weighted by Gasteiger charge is 2.10. The molecule has 0 aliphatic rings. The Morgan fingerprint density at radius 1 is 1.18 bits per heavy atom. The van der Waals surface area contributed by atoms with Gasteiger partial charge >= 0.3 is 12.0 Å². The number of hydrogen-bond donors (Lipinski definition) is 0. The van der Waals surface area contributed by atoms with Crippen molar-refractivity contribution in [3.63, 3.8) is 0 Å². The summed E-state index contributed by atoms with van der Waals surface area (Å²) in [6.45, 7) is 2.15. The summed E-state index contributed by atoms with van der Waals surface area (Å²) >= 11 is 0. The van der Waals surface area contributed by atoms with Gasteiger partial charge in [-0.05, 0) is 42.7 Å². The van der Waals surface area contributed by atoms with Gasteiger partial charge in [-0.2, -0.15) is 5.26 Å². The zero-order valence-electron chi connectivity index (χ0n) is 12.5. The van der Waals surface area contributed by atoms with Gasteiger partial charge in [0, 0.05) is 12.4 Å². The van der Waals surface area contributed by atoms with E-state index in [-0.39, 0.29) is 6.01 Å². The van der Waals surface area contributed by atoms with E-state index in [0.717, 1.165) is 18.4 Å². The molecule has 1 aromatic carbocycles. The fraction of sp³-hybridized carbons (Fsp3) is 0.294. The minimum absolute atomic E-state index is 0.0357. The van der Waals surface area contributed by atoms with Crippen molar-refractivity contribution in [2.75, 3.05) is 0 Å². The number of esters is 1. The van der Waals surface area contributed by atoms with Crippen molar-refractivity contribution < 1.29 is 9.53 Å². The molecule has 0 saturated carbocycles. The van der Waals surface area contributed by atoms with Crippen LogP contribution >= 0.6 is 0 Å². The molecule has 1 aromatic heterocycles. The first-order chi connectivity index (χ1) is 10.7. The fourth-order valence-corrected chi connectivity index (χ4v) is 1.93. The first-order valence-corrected chi connectivity index (χ1v) is 7.26. The van der Waals surface area contributed by atoms with Crippen molar-refractivity contribution in [2.24, 2.45) is 0 Å². The average Bonchev–Trinajstić information content (AvgIpc) is 2.57. The Hall–Kier alpha value is -2.74. The number of unbranched alkanes of at least 4 members (excludes halogenated alkanes) is 2. The molecule has 0 fully saturated rings. The molecule has 1 heterocycles. The first kappa shape index (κ1) is 15.6. The topological polar surface area (TPSA) is 75.9 Å². The summed E-state index contributed by atoms with van der Waals surface area (Å²) in [4.78, 5) is 20.0. The molecule has 0 bridgehead atoms. The Kier molecular flexibility index (Phi) is 5.61. The Morgan fingerprint density at radius 2 is 1.86 bits per heavy atom. The van der Waals surface area contributed by atoms with E-state index in [1.54, 1.807) is 36.7 Å². The van der Waals surface area contributed by atoms with E-state index in [9.17, 15) is 4.79 Å². The van der Waals surface area contributed by atoms with Gasteiger partial charge in [0.2, 0.25) is 0 Å². The summed E-state index contributed by atoms with van der Waals surface area (Å²) in [7, 11) is 0. The van der Waals surface area contributed by atoms with Crippen LogP contribution in [0.4, 0.5) is 0 Å². The summed E-state index contributed by atoms with van der Waals surface area (Å²) in [5, 5.41) is 8.72. The zero-order chi connectivity index (χ0) is 15.8. The maximum atomic E-state index is 11.9. The molecular formula is C17H17N3O2. The molecule has 0 aliphatic heterocycles. The van der Waals surface area contributed by atoms with Crippen LogP contribution in [0.1, 0.15) is 47.7 Å². The SMILES string of the molecule is CCCCCc1cnc(OC(=O)c2ccc(C#N)cc2)nc1. The van der Waals surface area contributed by atoms with E-state index in [1.807, 2.05) is 6.07 Å². The quantitative estimate of drug-likeness (QED) is 0.603. The molecule has 5 nitrogen and oxygen atoms in total. The number of rotatable bonds is 6. The largest absolute Gasteiger partial charge is 0.387 e. The van der Waals surface area contributed by atoms with Crippen molar-refractivity contribution >= 4 is 5.97 Å². The highest BCUT2D eigenvalue weighted by atomic mass is 16.5. The third-order valence-electron chi connectivity index (χ3n) is 3.18. The predicted molar refractivity (Wildman–Crippen MR) is 81.4 cm³/mol. The highest BCUT2D eigenvalue weighted by Crippen LogP contribution is 2.10. The summed E-state index contributed by atoms with van der Waals surface area (Å²) < 4.78 is 5.11. The number of nitrogens with zero attached hydrogens (tertiary/aromatic N) is 3. The summed E-state index contributed by atoms with van der Waals surface area (Å²) in [5.74, 6) is -0.539. The van der Waals surface area contributed by atoms with Gasteiger partial charge in [-0.1, -0.05) is 19.8 Å². The van der Waals surface area contributed by atoms with Crippen molar-refractivity contribution in [3.05, 3.63) is 53.3 Å². The van der Waals surface area contributed by atoms with Crippen LogP contribution in [0.2, 0.25) is 0 Å². The normalized spacial score (nSPS) is 10.0. The Labute approximate surface area is 129 Å². The Balaban J connectivity index is 1.94. The van der Waals surface area contributed by atoms with E-state index in [0.29, 0.717) is 11.1 Å². The lowest BCUT2D eigenvalue weighted by atomic mass is 10.1. The third-order valence-corrected chi connectivity index (χ3v) is 3.18. The van der Waals surface area contributed by atoms with Crippen LogP contribution in [0.3, 0.4) is 0 Å². The monoisotopic (exact) mass is 295 g/mol. The van der Waals surface area contributed by atoms with E-state index in [1.165, 1.54) is 12.8 Å². The van der Waals surface area contributed by atoms with Crippen LogP contribution < -0.4 is 4.74 Å². The number of ether oxygens (including phenoxy) is 1. The smallest absolute Gasteiger partial charge is 0.345 e. The molecule has 0 spiro atoms. The first-order valence-electron chi connectivity index (χ1n) is 7.26. The van der Waals surface area contributed by atoms with Crippen molar-refractivity contribution in [2.45, 2.75) is 32.6 Å². The van der Waals surface area contributed by atoms with E-state index in [2.05, 4.69) is 16.9 Å². The van der Waals surface area contributed by atoms with Gasteiger partial charge in [-0.25, -0.2) is 14.8 Å². The molecule has 0 unspecified atom stereocenters. The van der Waals surface area contributed by atoms with Gasteiger partial charge in [0.1, 0.15) is 0 Å². The Morgan fingerprint density at radius 3 is 2.45 bits per heavy atom. The van der Waals surface area contributed by atoms with Gasteiger partial charge in [0.15, 0.2) is 0 Å². The van der Waals surface area contributed by atoms with Gasteiger partial charge in [0.05, 0.1) is 17.2 Å². The van der Waals surface area contributed by atoms with Crippen LogP contribution in [0.15, 0.2) is 36.7 Å². The summed E-state index contributed by atoms with van der Waals surface area (Å²) in [6.07, 6.45) is 7.74. The number of aromatic nitrogens is 2. The van der Waals surface area contributed by atoms with Crippen molar-refractivity contribution in [3.8, 4) is 12.1 Å². The predicted octanol–water partition coefficient (Wildman–Crippen LogP) is 3.30. The summed E-state index contributed by atoms with van der Waals surface area (Å²) in [5.41, 5.74) is 1.88. The van der Waals surface area contributed by atoms with Gasteiger partial charge < -0.3 is 4.74 Å². The van der Waals surface area contributed by atoms with Crippen LogP contribution in [0, 0.1) is 11.3 Å². The lowest BCUT2D eigenvalue weighted by molar-refractivity contribution is 0.0719. The second-order valence-electron chi connectivity index (χ2n) is 4.91. The van der Waals surface area contributed by atoms with Crippen LogP contribution in [0.5, 0.6) is 6.01 Å². The van der Waals surface area contributed by atoms with Crippen LogP contribution in [-0.4, -0.2) is 15.9 Å². The molecule has 112 valence electrons. The molecule has 2 aromatic rings. The van der Waals surface area contributed by atoms with Gasteiger partial charge in [-0.15, -0.1) is 0 Å². The Bertz CT molecular complexity index is 658. The highest BCUT2D eigenvalue weighted by molar-refractivity contribution is 5.90. The number of nitriles is 1. The minimum atomic E-state index is -0.539. The van der Waals surface area contributed by atoms with Gasteiger partial charge in [0.25, 0.3) is 0 Å². The molecule has 0 aliphatic carbocycles. The molecule has 5 heteroatoms. The molecule has 0 N–H and O–H groups in total.